The molecule has 0 saturated heterocycles. The van der Waals surface area contributed by atoms with E-state index in [4.69, 9.17) is 0 Å². The molecule has 0 saturated carbocycles. The summed E-state index contributed by atoms with van der Waals surface area (Å²) in [7, 11) is -2.70. The van der Waals surface area contributed by atoms with Gasteiger partial charge in [0.1, 0.15) is 4.90 Å². The van der Waals surface area contributed by atoms with E-state index in [0.717, 1.165) is 19.3 Å². The summed E-state index contributed by atoms with van der Waals surface area (Å²) in [5, 5.41) is 3.12. The Morgan fingerprint density at radius 2 is 2.05 bits per heavy atom. The Kier molecular flexibility index (Phi) is 6.09. The van der Waals surface area contributed by atoms with Crippen LogP contribution in [0.4, 0.5) is 8.78 Å². The number of aromatic nitrogens is 1. The largest absolute Gasteiger partial charge is 0.349 e. The third-order valence-electron chi connectivity index (χ3n) is 2.96. The van der Waals surface area contributed by atoms with Gasteiger partial charge < -0.3 is 9.88 Å². The topological polar surface area (TPSA) is 54.3 Å². The number of nitrogens with zero attached hydrogens (tertiary/aromatic N) is 2. The summed E-state index contributed by atoms with van der Waals surface area (Å²) in [6, 6.07) is 1.53. The van der Waals surface area contributed by atoms with Crippen molar-refractivity contribution < 1.29 is 17.2 Å². The highest BCUT2D eigenvalue weighted by Crippen LogP contribution is 2.19. The molecular formula is C12H21F2N3O2S. The predicted octanol–water partition coefficient (Wildman–Crippen LogP) is 1.50. The number of aryl methyl sites for hydroxylation is 1. The van der Waals surface area contributed by atoms with Gasteiger partial charge in [0.15, 0.2) is 0 Å². The molecule has 1 aromatic rings. The van der Waals surface area contributed by atoms with E-state index in [1.165, 1.54) is 12.3 Å². The summed E-state index contributed by atoms with van der Waals surface area (Å²) in [4.78, 5) is 0.0513. The van der Waals surface area contributed by atoms with Crippen LogP contribution >= 0.6 is 0 Å². The zero-order valence-corrected chi connectivity index (χ0v) is 12.8. The average molecular weight is 309 g/mol. The molecule has 0 spiro atoms. The Morgan fingerprint density at radius 1 is 1.40 bits per heavy atom. The highest BCUT2D eigenvalue weighted by atomic mass is 32.2. The van der Waals surface area contributed by atoms with E-state index >= 15 is 0 Å². The van der Waals surface area contributed by atoms with Crippen LogP contribution in [0.5, 0.6) is 0 Å². The van der Waals surface area contributed by atoms with Crippen LogP contribution in [0.1, 0.15) is 19.5 Å². The van der Waals surface area contributed by atoms with Gasteiger partial charge >= 0.3 is 0 Å². The van der Waals surface area contributed by atoms with Crippen molar-refractivity contribution >= 4 is 10.0 Å². The van der Waals surface area contributed by atoms with Crippen LogP contribution in [0, 0.1) is 0 Å². The van der Waals surface area contributed by atoms with E-state index < -0.39 is 23.0 Å². The fourth-order valence-electron chi connectivity index (χ4n) is 1.83. The summed E-state index contributed by atoms with van der Waals surface area (Å²) in [5.74, 6) is 0. The molecular weight excluding hydrogens is 288 g/mol. The van der Waals surface area contributed by atoms with Crippen LogP contribution < -0.4 is 5.32 Å². The summed E-state index contributed by atoms with van der Waals surface area (Å²) in [6.07, 6.45) is -1.20. The zero-order valence-electron chi connectivity index (χ0n) is 11.9. The molecule has 0 fully saturated rings. The molecule has 5 nitrogen and oxygen atoms in total. The Labute approximate surface area is 118 Å². The van der Waals surface area contributed by atoms with Crippen molar-refractivity contribution in [3.05, 3.63) is 18.0 Å². The number of rotatable bonds is 8. The summed E-state index contributed by atoms with van der Waals surface area (Å²) in [6.45, 7) is 4.97. The molecule has 8 heteroatoms. The van der Waals surface area contributed by atoms with Crippen molar-refractivity contribution in [2.24, 2.45) is 0 Å². The Bertz CT molecular complexity index is 529. The van der Waals surface area contributed by atoms with E-state index in [1.54, 1.807) is 4.57 Å². The number of nitrogens with one attached hydrogen (secondary N) is 1. The minimum Gasteiger partial charge on any atom is -0.349 e. The Balaban J connectivity index is 3.03. The van der Waals surface area contributed by atoms with Gasteiger partial charge in [-0.25, -0.2) is 17.2 Å². The molecule has 0 aliphatic rings. The molecule has 1 aromatic heterocycles. The molecule has 1 N–H and O–H groups in total. The smallest absolute Gasteiger partial charge is 0.252 e. The maximum atomic E-state index is 12.3. The predicted molar refractivity (Wildman–Crippen MR) is 73.3 cm³/mol. The molecule has 1 rings (SSSR count). The Morgan fingerprint density at radius 3 is 2.55 bits per heavy atom. The van der Waals surface area contributed by atoms with Crippen molar-refractivity contribution in [3.8, 4) is 0 Å². The SMILES string of the molecule is CCNCc1cc(S(=O)(=O)N(C)CC(F)F)cn1CC. The monoisotopic (exact) mass is 309 g/mol. The molecule has 0 radical (unpaired) electrons. The Hall–Kier alpha value is -0.990. The zero-order chi connectivity index (χ0) is 15.3. The van der Waals surface area contributed by atoms with Crippen LogP contribution in [0.2, 0.25) is 0 Å². The molecule has 116 valence electrons. The maximum absolute atomic E-state index is 12.3. The van der Waals surface area contributed by atoms with Gasteiger partial charge in [0.25, 0.3) is 6.43 Å². The van der Waals surface area contributed by atoms with Crippen LogP contribution in [0.15, 0.2) is 17.2 Å². The van der Waals surface area contributed by atoms with Crippen LogP contribution in [-0.4, -0.2) is 43.9 Å². The lowest BCUT2D eigenvalue weighted by atomic mass is 10.4. The van der Waals surface area contributed by atoms with E-state index in [-0.39, 0.29) is 4.90 Å². The van der Waals surface area contributed by atoms with Crippen LogP contribution in [0.3, 0.4) is 0 Å². The summed E-state index contributed by atoms with van der Waals surface area (Å²) in [5.41, 5.74) is 0.818. The molecule has 0 bridgehead atoms. The first-order valence-electron chi connectivity index (χ1n) is 6.47. The normalized spacial score (nSPS) is 12.6. The molecule has 0 atom stereocenters. The number of sulfonamides is 1. The second-order valence-electron chi connectivity index (χ2n) is 4.41. The first-order chi connectivity index (χ1) is 9.32. The van der Waals surface area contributed by atoms with E-state index in [0.29, 0.717) is 17.4 Å². The van der Waals surface area contributed by atoms with E-state index in [2.05, 4.69) is 5.32 Å². The lowest BCUT2D eigenvalue weighted by Crippen LogP contribution is -2.31. The molecule has 0 amide bonds. The first kappa shape index (κ1) is 17.1. The second-order valence-corrected chi connectivity index (χ2v) is 6.46. The van der Waals surface area contributed by atoms with Crippen molar-refractivity contribution in [2.75, 3.05) is 20.1 Å². The molecule has 0 aromatic carbocycles. The molecule has 0 aliphatic heterocycles. The third-order valence-corrected chi connectivity index (χ3v) is 4.75. The van der Waals surface area contributed by atoms with Crippen LogP contribution in [-0.2, 0) is 23.1 Å². The van der Waals surface area contributed by atoms with Gasteiger partial charge in [0, 0.05) is 32.0 Å². The van der Waals surface area contributed by atoms with Crippen molar-refractivity contribution in [1.29, 1.82) is 0 Å². The van der Waals surface area contributed by atoms with Gasteiger partial charge in [-0.3, -0.25) is 0 Å². The molecule has 0 aliphatic carbocycles. The summed E-state index contributed by atoms with van der Waals surface area (Å²) >= 11 is 0. The highest BCUT2D eigenvalue weighted by Gasteiger charge is 2.25. The number of hydrogen-bond acceptors (Lipinski definition) is 3. The van der Waals surface area contributed by atoms with Crippen molar-refractivity contribution in [1.82, 2.24) is 14.2 Å². The van der Waals surface area contributed by atoms with Gasteiger partial charge in [0.05, 0.1) is 6.54 Å². The average Bonchev–Trinajstić information content (AvgIpc) is 2.79. The number of alkyl halides is 2. The maximum Gasteiger partial charge on any atom is 0.252 e. The highest BCUT2D eigenvalue weighted by molar-refractivity contribution is 7.89. The fourth-order valence-corrected chi connectivity index (χ4v) is 3.05. The second kappa shape index (κ2) is 7.14. The molecule has 20 heavy (non-hydrogen) atoms. The number of hydrogen-bond donors (Lipinski definition) is 1. The van der Waals surface area contributed by atoms with Crippen LogP contribution in [0.25, 0.3) is 0 Å². The van der Waals surface area contributed by atoms with E-state index in [9.17, 15) is 17.2 Å². The van der Waals surface area contributed by atoms with Gasteiger partial charge in [0.2, 0.25) is 10.0 Å². The molecule has 0 unspecified atom stereocenters. The quantitative estimate of drug-likeness (QED) is 0.792. The minimum atomic E-state index is -3.87. The fraction of sp³-hybridized carbons (Fsp3) is 0.667. The van der Waals surface area contributed by atoms with Crippen molar-refractivity contribution in [3.63, 3.8) is 0 Å². The van der Waals surface area contributed by atoms with Crippen molar-refractivity contribution in [2.45, 2.75) is 38.3 Å². The number of halogens is 2. The minimum absolute atomic E-state index is 0.0513. The first-order valence-corrected chi connectivity index (χ1v) is 7.91. The third kappa shape index (κ3) is 4.00. The summed E-state index contributed by atoms with van der Waals surface area (Å²) < 4.78 is 51.5. The lowest BCUT2D eigenvalue weighted by Gasteiger charge is -2.15. The van der Waals surface area contributed by atoms with Gasteiger partial charge in [-0.2, -0.15) is 4.31 Å². The standard InChI is InChI=1S/C12H21F2N3O2S/c1-4-15-7-10-6-11(8-17(10)5-2)20(18,19)16(3)9-12(13)14/h6,8,12,15H,4-5,7,9H2,1-3H3. The van der Waals surface area contributed by atoms with Gasteiger partial charge in [-0.15, -0.1) is 0 Å². The van der Waals surface area contributed by atoms with Gasteiger partial charge in [-0.1, -0.05) is 6.92 Å². The lowest BCUT2D eigenvalue weighted by molar-refractivity contribution is 0.126. The van der Waals surface area contributed by atoms with Gasteiger partial charge in [-0.05, 0) is 19.5 Å². The molecule has 1 heterocycles. The van der Waals surface area contributed by atoms with E-state index in [1.807, 2.05) is 13.8 Å².